The molecule has 0 radical (unpaired) electrons. The summed E-state index contributed by atoms with van der Waals surface area (Å²) in [5.41, 5.74) is 0.960. The molecule has 10 heteroatoms. The topological polar surface area (TPSA) is 87.5 Å². The van der Waals surface area contributed by atoms with Crippen LogP contribution in [0.5, 0.6) is 0 Å². The van der Waals surface area contributed by atoms with Crippen LogP contribution in [0.15, 0.2) is 6.07 Å². The van der Waals surface area contributed by atoms with Gasteiger partial charge in [-0.05, 0) is 25.8 Å². The van der Waals surface area contributed by atoms with E-state index in [-0.39, 0.29) is 12.5 Å². The van der Waals surface area contributed by atoms with Crippen LogP contribution in [0.25, 0.3) is 10.2 Å². The Hall–Kier alpha value is -1.49. The second kappa shape index (κ2) is 7.74. The van der Waals surface area contributed by atoms with E-state index in [1.54, 1.807) is 7.05 Å². The largest absolute Gasteiger partial charge is 0.350 e. The molecule has 0 aromatic carbocycles. The molecular formula is C18H27N5O3S2. The molecule has 0 bridgehead atoms. The van der Waals surface area contributed by atoms with E-state index in [2.05, 4.69) is 10.00 Å². The van der Waals surface area contributed by atoms with Gasteiger partial charge in [-0.2, -0.15) is 22.1 Å². The number of rotatable bonds is 5. The monoisotopic (exact) mass is 425 g/mol. The number of thiophene rings is 1. The Bertz CT molecular complexity index is 975. The highest BCUT2D eigenvalue weighted by atomic mass is 32.2. The van der Waals surface area contributed by atoms with Gasteiger partial charge in [0.25, 0.3) is 16.1 Å². The number of carbonyl (C=O) groups is 1. The third-order valence-electron chi connectivity index (χ3n) is 5.74. The Morgan fingerprint density at radius 1 is 1.29 bits per heavy atom. The lowest BCUT2D eigenvalue weighted by Gasteiger charge is -2.22. The molecule has 2 fully saturated rings. The van der Waals surface area contributed by atoms with Crippen molar-refractivity contribution in [3.63, 3.8) is 0 Å². The lowest BCUT2D eigenvalue weighted by molar-refractivity contribution is 0.0956. The van der Waals surface area contributed by atoms with Crippen molar-refractivity contribution in [1.29, 1.82) is 0 Å². The Balaban J connectivity index is 1.43. The van der Waals surface area contributed by atoms with Crippen LogP contribution >= 0.6 is 11.3 Å². The molecule has 8 nitrogen and oxygen atoms in total. The molecule has 1 N–H and O–H groups in total. The van der Waals surface area contributed by atoms with Crippen LogP contribution in [0.2, 0.25) is 0 Å². The molecule has 3 heterocycles. The first-order valence-corrected chi connectivity index (χ1v) is 12.1. The zero-order valence-electron chi connectivity index (χ0n) is 16.3. The third kappa shape index (κ3) is 3.58. The molecule has 0 atom stereocenters. The first-order valence-electron chi connectivity index (χ1n) is 9.86. The molecule has 2 aromatic heterocycles. The van der Waals surface area contributed by atoms with Crippen molar-refractivity contribution in [3.05, 3.63) is 16.6 Å². The summed E-state index contributed by atoms with van der Waals surface area (Å²) >= 11 is 1.48. The second-order valence-corrected chi connectivity index (χ2v) is 10.7. The maximum atomic E-state index is 12.6. The van der Waals surface area contributed by atoms with Crippen molar-refractivity contribution in [2.45, 2.75) is 45.1 Å². The predicted molar refractivity (Wildman–Crippen MR) is 110 cm³/mol. The quantitative estimate of drug-likeness (QED) is 0.795. The summed E-state index contributed by atoms with van der Waals surface area (Å²) in [5.74, 6) is -0.152. The standard InChI is InChI=1S/C18H27N5O3S2/c1-13-15-12-16(27-18(15)23(20-13)14-6-4-3-5-7-14)17(24)19-8-9-22-11-10-21(2)28(22,25)26/h12,14H,3-11H2,1-2H3,(H,19,24). The Morgan fingerprint density at radius 3 is 2.71 bits per heavy atom. The summed E-state index contributed by atoms with van der Waals surface area (Å²) in [7, 11) is -1.78. The van der Waals surface area contributed by atoms with Gasteiger partial charge in [-0.1, -0.05) is 19.3 Å². The van der Waals surface area contributed by atoms with Gasteiger partial charge in [0.2, 0.25) is 0 Å². The maximum Gasteiger partial charge on any atom is 0.281 e. The highest BCUT2D eigenvalue weighted by Gasteiger charge is 2.33. The predicted octanol–water partition coefficient (Wildman–Crippen LogP) is 2.13. The van der Waals surface area contributed by atoms with E-state index in [1.165, 1.54) is 39.2 Å². The minimum Gasteiger partial charge on any atom is -0.350 e. The summed E-state index contributed by atoms with van der Waals surface area (Å²) in [6.07, 6.45) is 6.06. The Morgan fingerprint density at radius 2 is 2.04 bits per heavy atom. The number of aryl methyl sites for hydroxylation is 1. The minimum absolute atomic E-state index is 0.152. The van der Waals surface area contributed by atoms with Gasteiger partial charge in [-0.25, -0.2) is 0 Å². The Kier molecular flexibility index (Phi) is 5.47. The molecule has 1 amide bonds. The number of nitrogens with one attached hydrogen (secondary N) is 1. The van der Waals surface area contributed by atoms with Crippen LogP contribution in [0.1, 0.15) is 53.5 Å². The second-order valence-electron chi connectivity index (χ2n) is 7.64. The average molecular weight is 426 g/mol. The number of likely N-dealkylation sites (N-methyl/N-ethyl adjacent to an activating group) is 1. The van der Waals surface area contributed by atoms with Gasteiger partial charge in [0, 0.05) is 38.6 Å². The molecule has 2 aliphatic rings. The van der Waals surface area contributed by atoms with Crippen molar-refractivity contribution in [3.8, 4) is 0 Å². The van der Waals surface area contributed by atoms with E-state index in [9.17, 15) is 13.2 Å². The van der Waals surface area contributed by atoms with E-state index in [0.717, 1.165) is 28.8 Å². The van der Waals surface area contributed by atoms with Crippen molar-refractivity contribution >= 4 is 37.7 Å². The van der Waals surface area contributed by atoms with E-state index < -0.39 is 10.2 Å². The molecule has 1 aliphatic carbocycles. The van der Waals surface area contributed by atoms with E-state index in [4.69, 9.17) is 5.10 Å². The van der Waals surface area contributed by atoms with Crippen LogP contribution < -0.4 is 5.32 Å². The number of fused-ring (bicyclic) bond motifs is 1. The van der Waals surface area contributed by atoms with Gasteiger partial charge in [0.1, 0.15) is 4.83 Å². The van der Waals surface area contributed by atoms with E-state index in [1.807, 2.05) is 13.0 Å². The molecule has 28 heavy (non-hydrogen) atoms. The average Bonchev–Trinajstić information content (AvgIpc) is 3.32. The van der Waals surface area contributed by atoms with Crippen molar-refractivity contribution < 1.29 is 13.2 Å². The fourth-order valence-electron chi connectivity index (χ4n) is 4.05. The molecule has 4 rings (SSSR count). The molecule has 1 saturated heterocycles. The fourth-order valence-corrected chi connectivity index (χ4v) is 6.54. The molecule has 2 aromatic rings. The van der Waals surface area contributed by atoms with Gasteiger partial charge in [0.05, 0.1) is 16.6 Å². The first kappa shape index (κ1) is 19.8. The van der Waals surface area contributed by atoms with Crippen molar-refractivity contribution in [1.82, 2.24) is 23.7 Å². The van der Waals surface area contributed by atoms with Crippen LogP contribution in [0, 0.1) is 6.92 Å². The maximum absolute atomic E-state index is 12.6. The zero-order chi connectivity index (χ0) is 19.9. The molecule has 0 spiro atoms. The van der Waals surface area contributed by atoms with Gasteiger partial charge >= 0.3 is 0 Å². The molecule has 154 valence electrons. The van der Waals surface area contributed by atoms with Crippen LogP contribution in [0.3, 0.4) is 0 Å². The molecule has 0 unspecified atom stereocenters. The SMILES string of the molecule is Cc1nn(C2CCCCC2)c2sc(C(=O)NCCN3CCN(C)S3(=O)=O)cc12. The minimum atomic E-state index is -3.36. The van der Waals surface area contributed by atoms with E-state index >= 15 is 0 Å². The normalized spacial score (nSPS) is 21.5. The summed E-state index contributed by atoms with van der Waals surface area (Å²) in [6, 6.07) is 2.34. The van der Waals surface area contributed by atoms with Crippen LogP contribution in [-0.2, 0) is 10.2 Å². The zero-order valence-corrected chi connectivity index (χ0v) is 18.0. The summed E-state index contributed by atoms with van der Waals surface area (Å²) in [5, 5.41) is 8.64. The smallest absolute Gasteiger partial charge is 0.281 e. The number of hydrogen-bond acceptors (Lipinski definition) is 5. The van der Waals surface area contributed by atoms with Crippen LogP contribution in [-0.4, -0.2) is 65.9 Å². The van der Waals surface area contributed by atoms with Gasteiger partial charge in [-0.15, -0.1) is 11.3 Å². The number of hydrogen-bond donors (Lipinski definition) is 1. The summed E-state index contributed by atoms with van der Waals surface area (Å²) in [4.78, 5) is 14.3. The van der Waals surface area contributed by atoms with Crippen molar-refractivity contribution in [2.75, 3.05) is 33.2 Å². The van der Waals surface area contributed by atoms with Crippen LogP contribution in [0.4, 0.5) is 0 Å². The lowest BCUT2D eigenvalue weighted by Crippen LogP contribution is -2.37. The third-order valence-corrected chi connectivity index (χ3v) is 8.86. The van der Waals surface area contributed by atoms with Gasteiger partial charge < -0.3 is 5.32 Å². The van der Waals surface area contributed by atoms with E-state index in [0.29, 0.717) is 30.6 Å². The summed E-state index contributed by atoms with van der Waals surface area (Å²) in [6.45, 7) is 3.54. The highest BCUT2D eigenvalue weighted by molar-refractivity contribution is 7.87. The molecular weight excluding hydrogens is 398 g/mol. The Labute approximate surface area is 169 Å². The highest BCUT2D eigenvalue weighted by Crippen LogP contribution is 2.35. The number of amides is 1. The van der Waals surface area contributed by atoms with Gasteiger partial charge in [-0.3, -0.25) is 9.48 Å². The number of carbonyl (C=O) groups excluding carboxylic acids is 1. The van der Waals surface area contributed by atoms with Crippen molar-refractivity contribution in [2.24, 2.45) is 0 Å². The molecule has 1 saturated carbocycles. The molecule has 1 aliphatic heterocycles. The summed E-state index contributed by atoms with van der Waals surface area (Å²) < 4.78 is 29.0. The fraction of sp³-hybridized carbons (Fsp3) is 0.667. The lowest BCUT2D eigenvalue weighted by atomic mass is 9.96. The first-order chi connectivity index (χ1) is 13.4. The number of nitrogens with zero attached hydrogens (tertiary/aromatic N) is 4. The number of aromatic nitrogens is 2. The van der Waals surface area contributed by atoms with Gasteiger partial charge in [0.15, 0.2) is 0 Å².